The van der Waals surface area contributed by atoms with Crippen molar-refractivity contribution in [2.24, 2.45) is 5.92 Å². The summed E-state index contributed by atoms with van der Waals surface area (Å²) in [5.41, 5.74) is 6.90. The van der Waals surface area contributed by atoms with E-state index in [9.17, 15) is 0 Å². The molecule has 19 heavy (non-hydrogen) atoms. The monoisotopic (exact) mass is 266 g/mol. The van der Waals surface area contributed by atoms with Gasteiger partial charge in [-0.1, -0.05) is 26.7 Å². The van der Waals surface area contributed by atoms with Crippen molar-refractivity contribution in [3.05, 3.63) is 11.9 Å². The Kier molecular flexibility index (Phi) is 7.18. The molecule has 1 atom stereocenters. The van der Waals surface area contributed by atoms with Crippen molar-refractivity contribution < 1.29 is 5.11 Å². The van der Waals surface area contributed by atoms with Crippen LogP contribution in [0.1, 0.15) is 45.1 Å². The number of anilines is 2. The van der Waals surface area contributed by atoms with Crippen LogP contribution in [0.3, 0.4) is 0 Å². The summed E-state index contributed by atoms with van der Waals surface area (Å²) in [6.07, 6.45) is 6.45. The van der Waals surface area contributed by atoms with Crippen LogP contribution >= 0.6 is 0 Å². The molecule has 0 radical (unpaired) electrons. The number of aliphatic hydroxyl groups excluding tert-OH is 1. The zero-order chi connectivity index (χ0) is 14.1. The molecule has 0 fully saturated rings. The lowest BCUT2D eigenvalue weighted by Crippen LogP contribution is -2.18. The molecule has 0 aliphatic rings. The highest BCUT2D eigenvalue weighted by Gasteiger charge is 2.11. The van der Waals surface area contributed by atoms with Gasteiger partial charge in [-0.25, -0.2) is 9.97 Å². The topological polar surface area (TPSA) is 84.1 Å². The van der Waals surface area contributed by atoms with E-state index in [0.29, 0.717) is 11.7 Å². The molecule has 0 aliphatic carbocycles. The molecule has 0 bridgehead atoms. The molecule has 0 saturated carbocycles. The molecule has 0 amide bonds. The van der Waals surface area contributed by atoms with Crippen molar-refractivity contribution in [2.45, 2.75) is 46.0 Å². The van der Waals surface area contributed by atoms with Gasteiger partial charge in [0.05, 0.1) is 0 Å². The van der Waals surface area contributed by atoms with Crippen molar-refractivity contribution >= 4 is 11.6 Å². The molecule has 0 aromatic carbocycles. The predicted molar refractivity (Wildman–Crippen MR) is 79.0 cm³/mol. The first-order valence-corrected chi connectivity index (χ1v) is 7.16. The third kappa shape index (κ3) is 5.03. The Morgan fingerprint density at radius 3 is 2.68 bits per heavy atom. The van der Waals surface area contributed by atoms with E-state index in [0.717, 1.165) is 50.0 Å². The van der Waals surface area contributed by atoms with Gasteiger partial charge in [-0.2, -0.15) is 0 Å². The van der Waals surface area contributed by atoms with E-state index in [1.165, 1.54) is 6.33 Å². The fourth-order valence-electron chi connectivity index (χ4n) is 2.26. The Morgan fingerprint density at radius 2 is 2.05 bits per heavy atom. The molecule has 1 rings (SSSR count). The van der Waals surface area contributed by atoms with E-state index in [2.05, 4.69) is 29.1 Å². The number of nitrogens with two attached hydrogens (primary N) is 1. The minimum absolute atomic E-state index is 0.236. The fourth-order valence-corrected chi connectivity index (χ4v) is 2.26. The quantitative estimate of drug-likeness (QED) is 0.638. The highest BCUT2D eigenvalue weighted by molar-refractivity contribution is 5.54. The Labute approximate surface area is 115 Å². The van der Waals surface area contributed by atoms with Crippen LogP contribution in [0.4, 0.5) is 11.6 Å². The Balaban J connectivity index is 2.67. The summed E-state index contributed by atoms with van der Waals surface area (Å²) in [4.78, 5) is 8.33. The summed E-state index contributed by atoms with van der Waals surface area (Å²) in [6, 6.07) is 0. The highest BCUT2D eigenvalue weighted by atomic mass is 16.3. The molecule has 1 aromatic rings. The zero-order valence-electron chi connectivity index (χ0n) is 12.0. The molecular weight excluding hydrogens is 240 g/mol. The second-order valence-corrected chi connectivity index (χ2v) is 4.88. The van der Waals surface area contributed by atoms with Gasteiger partial charge in [0.15, 0.2) is 0 Å². The van der Waals surface area contributed by atoms with Gasteiger partial charge in [0.2, 0.25) is 0 Å². The van der Waals surface area contributed by atoms with Gasteiger partial charge in [0, 0.05) is 18.7 Å². The molecule has 0 saturated heterocycles. The van der Waals surface area contributed by atoms with Crippen molar-refractivity contribution in [3.63, 3.8) is 0 Å². The van der Waals surface area contributed by atoms with Crippen LogP contribution in [0.25, 0.3) is 0 Å². The molecule has 1 heterocycles. The molecular formula is C14H26N4O. The van der Waals surface area contributed by atoms with Gasteiger partial charge in [0.1, 0.15) is 18.0 Å². The molecule has 108 valence electrons. The number of rotatable bonds is 9. The molecule has 0 aliphatic heterocycles. The minimum atomic E-state index is 0.236. The lowest BCUT2D eigenvalue weighted by molar-refractivity contribution is 0.255. The normalized spacial score (nSPS) is 12.4. The molecule has 1 unspecified atom stereocenters. The summed E-state index contributed by atoms with van der Waals surface area (Å²) >= 11 is 0. The van der Waals surface area contributed by atoms with Crippen LogP contribution in [0, 0.1) is 5.92 Å². The number of nitrogens with one attached hydrogen (secondary N) is 1. The number of hydrogen-bond donors (Lipinski definition) is 3. The maximum absolute atomic E-state index is 9.07. The number of nitrogens with zero attached hydrogens (tertiary/aromatic N) is 2. The largest absolute Gasteiger partial charge is 0.396 e. The summed E-state index contributed by atoms with van der Waals surface area (Å²) in [5, 5.41) is 12.4. The Bertz CT molecular complexity index is 364. The molecule has 1 aromatic heterocycles. The van der Waals surface area contributed by atoms with Crippen molar-refractivity contribution in [1.29, 1.82) is 0 Å². The first-order valence-electron chi connectivity index (χ1n) is 7.16. The maximum atomic E-state index is 9.07. The van der Waals surface area contributed by atoms with Gasteiger partial charge < -0.3 is 16.2 Å². The van der Waals surface area contributed by atoms with Gasteiger partial charge in [-0.15, -0.1) is 0 Å². The summed E-state index contributed by atoms with van der Waals surface area (Å²) < 4.78 is 0. The van der Waals surface area contributed by atoms with E-state index < -0.39 is 0 Å². The molecule has 5 heteroatoms. The minimum Gasteiger partial charge on any atom is -0.396 e. The number of nitrogen functional groups attached to an aromatic ring is 1. The van der Waals surface area contributed by atoms with Gasteiger partial charge >= 0.3 is 0 Å². The van der Waals surface area contributed by atoms with Crippen LogP contribution in [0.2, 0.25) is 0 Å². The second kappa shape index (κ2) is 8.69. The van der Waals surface area contributed by atoms with Crippen LogP contribution in [0.5, 0.6) is 0 Å². The first-order chi connectivity index (χ1) is 9.22. The van der Waals surface area contributed by atoms with Crippen LogP contribution in [-0.2, 0) is 6.42 Å². The Hall–Kier alpha value is -1.36. The lowest BCUT2D eigenvalue weighted by atomic mass is 10.00. The van der Waals surface area contributed by atoms with Crippen molar-refractivity contribution in [2.75, 3.05) is 24.2 Å². The predicted octanol–water partition coefficient (Wildman–Crippen LogP) is 2.22. The summed E-state index contributed by atoms with van der Waals surface area (Å²) in [7, 11) is 0. The van der Waals surface area contributed by atoms with Crippen molar-refractivity contribution in [1.82, 2.24) is 9.97 Å². The lowest BCUT2D eigenvalue weighted by Gasteiger charge is -2.18. The molecule has 5 nitrogen and oxygen atoms in total. The van der Waals surface area contributed by atoms with E-state index in [1.54, 1.807) is 0 Å². The van der Waals surface area contributed by atoms with E-state index in [1.807, 2.05) is 0 Å². The standard InChI is InChI=1S/C14H26N4O/c1-3-5-11(7-8-19)9-16-14-12(6-4-2)13(15)17-10-18-14/h10-11,19H,3-9H2,1-2H3,(H3,15,16,17,18). The first kappa shape index (κ1) is 15.7. The Morgan fingerprint density at radius 1 is 1.26 bits per heavy atom. The SMILES string of the molecule is CCCc1c(N)ncnc1NCC(CCC)CCO. The van der Waals surface area contributed by atoms with Crippen molar-refractivity contribution in [3.8, 4) is 0 Å². The van der Waals surface area contributed by atoms with E-state index >= 15 is 0 Å². The van der Waals surface area contributed by atoms with Crippen LogP contribution in [-0.4, -0.2) is 28.2 Å². The van der Waals surface area contributed by atoms with E-state index in [-0.39, 0.29) is 6.61 Å². The maximum Gasteiger partial charge on any atom is 0.134 e. The highest BCUT2D eigenvalue weighted by Crippen LogP contribution is 2.20. The van der Waals surface area contributed by atoms with Crippen LogP contribution in [0.15, 0.2) is 6.33 Å². The zero-order valence-corrected chi connectivity index (χ0v) is 12.0. The third-order valence-corrected chi connectivity index (χ3v) is 3.27. The van der Waals surface area contributed by atoms with Gasteiger partial charge in [-0.05, 0) is 25.2 Å². The van der Waals surface area contributed by atoms with E-state index in [4.69, 9.17) is 10.8 Å². The summed E-state index contributed by atoms with van der Waals surface area (Å²) in [6.45, 7) is 5.33. The average Bonchev–Trinajstić information content (AvgIpc) is 2.40. The number of aliphatic hydroxyl groups is 1. The molecule has 4 N–H and O–H groups in total. The number of hydrogen-bond acceptors (Lipinski definition) is 5. The van der Waals surface area contributed by atoms with Crippen LogP contribution < -0.4 is 11.1 Å². The third-order valence-electron chi connectivity index (χ3n) is 3.27. The summed E-state index contributed by atoms with van der Waals surface area (Å²) in [5.74, 6) is 1.88. The van der Waals surface area contributed by atoms with Gasteiger partial charge in [-0.3, -0.25) is 0 Å². The smallest absolute Gasteiger partial charge is 0.134 e. The number of aromatic nitrogens is 2. The second-order valence-electron chi connectivity index (χ2n) is 4.88. The fraction of sp³-hybridized carbons (Fsp3) is 0.714. The molecule has 0 spiro atoms. The van der Waals surface area contributed by atoms with Gasteiger partial charge in [0.25, 0.3) is 0 Å². The average molecular weight is 266 g/mol.